The first-order chi connectivity index (χ1) is 13.5. The van der Waals surface area contributed by atoms with Crippen molar-refractivity contribution >= 4 is 0 Å². The Hall–Kier alpha value is -2.75. The van der Waals surface area contributed by atoms with Gasteiger partial charge in [0.1, 0.15) is 11.6 Å². The fourth-order valence-electron chi connectivity index (χ4n) is 3.21. The van der Waals surface area contributed by atoms with Crippen LogP contribution in [0.3, 0.4) is 0 Å². The highest BCUT2D eigenvalue weighted by molar-refractivity contribution is 5.65. The van der Waals surface area contributed by atoms with Crippen LogP contribution >= 0.6 is 0 Å². The van der Waals surface area contributed by atoms with Crippen molar-refractivity contribution in [2.75, 3.05) is 6.61 Å². The van der Waals surface area contributed by atoms with Gasteiger partial charge in [-0.1, -0.05) is 43.3 Å². The van der Waals surface area contributed by atoms with Crippen LogP contribution in [0.4, 0.5) is 13.2 Å². The van der Waals surface area contributed by atoms with E-state index in [-0.39, 0.29) is 5.82 Å². The molecule has 146 valence electrons. The highest BCUT2D eigenvalue weighted by Crippen LogP contribution is 2.27. The maximum Gasteiger partial charge on any atom is 0.162 e. The lowest BCUT2D eigenvalue weighted by Crippen LogP contribution is -2.01. The van der Waals surface area contributed by atoms with Gasteiger partial charge in [-0.2, -0.15) is 0 Å². The molecule has 0 aliphatic rings. The van der Waals surface area contributed by atoms with Gasteiger partial charge in [-0.3, -0.25) is 0 Å². The fraction of sp³-hybridized carbons (Fsp3) is 0.250. The van der Waals surface area contributed by atoms with E-state index in [1.807, 2.05) is 31.2 Å². The Morgan fingerprint density at radius 1 is 0.750 bits per heavy atom. The summed E-state index contributed by atoms with van der Waals surface area (Å²) in [4.78, 5) is 0. The molecule has 0 N–H and O–H groups in total. The average Bonchev–Trinajstić information content (AvgIpc) is 2.70. The molecule has 0 amide bonds. The molecule has 0 aromatic heterocycles. The Bertz CT molecular complexity index is 949. The van der Waals surface area contributed by atoms with Gasteiger partial charge in [0.2, 0.25) is 0 Å². The lowest BCUT2D eigenvalue weighted by Gasteiger charge is -2.09. The first-order valence-corrected chi connectivity index (χ1v) is 9.50. The predicted molar refractivity (Wildman–Crippen MR) is 106 cm³/mol. The van der Waals surface area contributed by atoms with Gasteiger partial charge in [-0.25, -0.2) is 13.2 Å². The molecule has 0 bridgehead atoms. The van der Waals surface area contributed by atoms with E-state index in [1.54, 1.807) is 31.2 Å². The lowest BCUT2D eigenvalue weighted by molar-refractivity contribution is 0.338. The third-order valence-electron chi connectivity index (χ3n) is 4.82. The lowest BCUT2D eigenvalue weighted by atomic mass is 9.99. The van der Waals surface area contributed by atoms with Gasteiger partial charge in [0.25, 0.3) is 0 Å². The van der Waals surface area contributed by atoms with Crippen LogP contribution in [0, 0.1) is 17.5 Å². The van der Waals surface area contributed by atoms with Crippen molar-refractivity contribution in [3.05, 3.63) is 88.7 Å². The zero-order valence-corrected chi connectivity index (χ0v) is 16.1. The molecule has 3 aromatic rings. The molecule has 0 saturated heterocycles. The van der Waals surface area contributed by atoms with Crippen molar-refractivity contribution in [1.82, 2.24) is 0 Å². The minimum Gasteiger partial charge on any atom is -0.494 e. The van der Waals surface area contributed by atoms with Crippen LogP contribution in [-0.4, -0.2) is 6.61 Å². The largest absolute Gasteiger partial charge is 0.494 e. The van der Waals surface area contributed by atoms with Crippen molar-refractivity contribution in [2.45, 2.75) is 33.1 Å². The molecule has 3 rings (SSSR count). The summed E-state index contributed by atoms with van der Waals surface area (Å²) in [6.07, 6.45) is 1.45. The number of hydrogen-bond donors (Lipinski definition) is 0. The highest BCUT2D eigenvalue weighted by Gasteiger charge is 2.12. The van der Waals surface area contributed by atoms with Gasteiger partial charge in [0.15, 0.2) is 11.6 Å². The van der Waals surface area contributed by atoms with Crippen molar-refractivity contribution in [2.24, 2.45) is 0 Å². The van der Waals surface area contributed by atoms with E-state index in [1.165, 1.54) is 6.07 Å². The molecule has 0 atom stereocenters. The Morgan fingerprint density at radius 3 is 2.07 bits per heavy atom. The summed E-state index contributed by atoms with van der Waals surface area (Å²) >= 11 is 0. The third kappa shape index (κ3) is 4.38. The van der Waals surface area contributed by atoms with Crippen LogP contribution in [0.1, 0.15) is 30.5 Å². The molecule has 0 radical (unpaired) electrons. The van der Waals surface area contributed by atoms with Crippen molar-refractivity contribution < 1.29 is 17.9 Å². The number of ether oxygens (including phenoxy) is 1. The quantitative estimate of drug-likeness (QED) is 0.451. The minimum atomic E-state index is -0.757. The highest BCUT2D eigenvalue weighted by atomic mass is 19.2. The Labute approximate surface area is 163 Å². The Balaban J connectivity index is 1.71. The molecule has 0 aliphatic carbocycles. The van der Waals surface area contributed by atoms with Crippen LogP contribution in [0.25, 0.3) is 11.1 Å². The van der Waals surface area contributed by atoms with Gasteiger partial charge in [-0.15, -0.1) is 0 Å². The molecular weight excluding hydrogens is 361 g/mol. The number of halogens is 3. The van der Waals surface area contributed by atoms with E-state index in [2.05, 4.69) is 0 Å². The second-order valence-corrected chi connectivity index (χ2v) is 6.64. The summed E-state index contributed by atoms with van der Waals surface area (Å²) < 4.78 is 47.7. The summed E-state index contributed by atoms with van der Waals surface area (Å²) in [7, 11) is 0. The van der Waals surface area contributed by atoms with Gasteiger partial charge < -0.3 is 4.74 Å². The van der Waals surface area contributed by atoms with Crippen molar-refractivity contribution in [3.63, 3.8) is 0 Å². The number of aryl methyl sites for hydroxylation is 3. The summed E-state index contributed by atoms with van der Waals surface area (Å²) in [6, 6.07) is 15.6. The summed E-state index contributed by atoms with van der Waals surface area (Å²) in [6.45, 7) is 4.13. The standard InChI is InChI=1S/C24H23F3O/c1-3-17-11-12-19(24(27)23(17)26)10-7-16-5-8-18(9-6-16)21-14-13-20(28-4-2)15-22(21)25/h5-6,8-9,11-15H,3-4,7,10H2,1-2H3. The Kier molecular flexibility index (Phi) is 6.40. The summed E-state index contributed by atoms with van der Waals surface area (Å²) in [5, 5.41) is 0. The SMILES string of the molecule is CCOc1ccc(-c2ccc(CCc3ccc(CC)c(F)c3F)cc2)c(F)c1. The molecular formula is C24H23F3O. The Morgan fingerprint density at radius 2 is 1.43 bits per heavy atom. The normalized spacial score (nSPS) is 10.9. The minimum absolute atomic E-state index is 0.340. The molecule has 28 heavy (non-hydrogen) atoms. The molecule has 0 spiro atoms. The number of rotatable bonds is 7. The molecule has 3 aromatic carbocycles. The van der Waals surface area contributed by atoms with Crippen LogP contribution in [0.2, 0.25) is 0 Å². The van der Waals surface area contributed by atoms with E-state index >= 15 is 0 Å². The van der Waals surface area contributed by atoms with E-state index in [0.29, 0.717) is 48.3 Å². The van der Waals surface area contributed by atoms with Gasteiger partial charge in [-0.05, 0) is 60.6 Å². The third-order valence-corrected chi connectivity index (χ3v) is 4.82. The monoisotopic (exact) mass is 384 g/mol. The smallest absolute Gasteiger partial charge is 0.162 e. The van der Waals surface area contributed by atoms with E-state index in [0.717, 1.165) is 11.1 Å². The first-order valence-electron chi connectivity index (χ1n) is 9.50. The van der Waals surface area contributed by atoms with E-state index < -0.39 is 11.6 Å². The van der Waals surface area contributed by atoms with E-state index in [9.17, 15) is 13.2 Å². The van der Waals surface area contributed by atoms with Crippen molar-refractivity contribution in [3.8, 4) is 16.9 Å². The number of benzene rings is 3. The van der Waals surface area contributed by atoms with Crippen LogP contribution in [-0.2, 0) is 19.3 Å². The van der Waals surface area contributed by atoms with Crippen LogP contribution in [0.5, 0.6) is 5.75 Å². The summed E-state index contributed by atoms with van der Waals surface area (Å²) in [5.41, 5.74) is 3.00. The predicted octanol–water partition coefficient (Wildman–Crippen LogP) is 6.52. The molecule has 0 saturated carbocycles. The zero-order valence-electron chi connectivity index (χ0n) is 16.1. The average molecular weight is 384 g/mol. The zero-order chi connectivity index (χ0) is 20.1. The van der Waals surface area contributed by atoms with Gasteiger partial charge >= 0.3 is 0 Å². The van der Waals surface area contributed by atoms with Crippen LogP contribution in [0.15, 0.2) is 54.6 Å². The first kappa shape index (κ1) is 20.0. The van der Waals surface area contributed by atoms with Crippen LogP contribution < -0.4 is 4.74 Å². The van der Waals surface area contributed by atoms with Gasteiger partial charge in [0.05, 0.1) is 6.61 Å². The maximum atomic E-state index is 14.3. The molecule has 1 nitrogen and oxygen atoms in total. The topological polar surface area (TPSA) is 9.23 Å². The molecule has 0 heterocycles. The number of hydrogen-bond acceptors (Lipinski definition) is 1. The molecule has 0 aliphatic heterocycles. The molecule has 0 fully saturated rings. The van der Waals surface area contributed by atoms with Crippen molar-refractivity contribution in [1.29, 1.82) is 0 Å². The second kappa shape index (κ2) is 8.96. The summed E-state index contributed by atoms with van der Waals surface area (Å²) in [5.74, 6) is -1.34. The van der Waals surface area contributed by atoms with E-state index in [4.69, 9.17) is 4.74 Å². The maximum absolute atomic E-state index is 14.3. The molecule has 0 unspecified atom stereocenters. The van der Waals surface area contributed by atoms with Gasteiger partial charge in [0, 0.05) is 11.6 Å². The second-order valence-electron chi connectivity index (χ2n) is 6.64. The fourth-order valence-corrected chi connectivity index (χ4v) is 3.21. The molecule has 4 heteroatoms.